The van der Waals surface area contributed by atoms with Crippen LogP contribution < -0.4 is 9.47 Å². The first-order chi connectivity index (χ1) is 9.29. The van der Waals surface area contributed by atoms with Gasteiger partial charge in [-0.15, -0.1) is 0 Å². The quantitative estimate of drug-likeness (QED) is 0.826. The largest absolute Gasteiger partial charge is 0.497 e. The number of fused-ring (bicyclic) bond motifs is 1. The van der Waals surface area contributed by atoms with Crippen molar-refractivity contribution in [3.63, 3.8) is 0 Å². The summed E-state index contributed by atoms with van der Waals surface area (Å²) in [5.41, 5.74) is 1.91. The molecule has 1 aliphatic heterocycles. The van der Waals surface area contributed by atoms with Gasteiger partial charge < -0.3 is 9.47 Å². The van der Waals surface area contributed by atoms with E-state index in [-0.39, 0.29) is 18.3 Å². The van der Waals surface area contributed by atoms with Crippen LogP contribution in [0.1, 0.15) is 17.0 Å². The first kappa shape index (κ1) is 11.8. The van der Waals surface area contributed by atoms with Gasteiger partial charge in [0, 0.05) is 11.6 Å². The fourth-order valence-corrected chi connectivity index (χ4v) is 2.42. The zero-order chi connectivity index (χ0) is 13.2. The molecule has 0 aliphatic carbocycles. The molecule has 0 N–H and O–H groups in total. The van der Waals surface area contributed by atoms with Crippen molar-refractivity contribution in [2.75, 3.05) is 13.7 Å². The van der Waals surface area contributed by atoms with Crippen LogP contribution in [0.25, 0.3) is 0 Å². The summed E-state index contributed by atoms with van der Waals surface area (Å²) in [6.45, 7) is 0.111. The monoisotopic (exact) mass is 254 g/mol. The minimum atomic E-state index is -0.240. The molecule has 1 aliphatic rings. The maximum atomic E-state index is 12.2. The summed E-state index contributed by atoms with van der Waals surface area (Å²) >= 11 is 0. The molecule has 3 rings (SSSR count). The molecule has 1 atom stereocenters. The fraction of sp³-hybridized carbons (Fsp3) is 0.188. The molecule has 0 saturated carbocycles. The molecule has 2 aromatic rings. The van der Waals surface area contributed by atoms with Crippen molar-refractivity contribution in [3.05, 3.63) is 59.7 Å². The minimum Gasteiger partial charge on any atom is -0.497 e. The van der Waals surface area contributed by atoms with Crippen LogP contribution >= 0.6 is 0 Å². The summed E-state index contributed by atoms with van der Waals surface area (Å²) < 4.78 is 10.7. The van der Waals surface area contributed by atoms with Gasteiger partial charge in [0.1, 0.15) is 18.1 Å². The Hall–Kier alpha value is -2.29. The summed E-state index contributed by atoms with van der Waals surface area (Å²) in [6, 6.07) is 15.4. The van der Waals surface area contributed by atoms with Crippen LogP contribution in [0.2, 0.25) is 0 Å². The van der Waals surface area contributed by atoms with E-state index in [1.165, 1.54) is 0 Å². The lowest BCUT2D eigenvalue weighted by molar-refractivity contribution is -0.122. The van der Waals surface area contributed by atoms with Gasteiger partial charge in [0.05, 0.1) is 13.0 Å². The molecule has 0 aromatic heterocycles. The first-order valence-electron chi connectivity index (χ1n) is 6.18. The van der Waals surface area contributed by atoms with Crippen LogP contribution in [0.5, 0.6) is 11.5 Å². The lowest BCUT2D eigenvalue weighted by atomic mass is 9.86. The van der Waals surface area contributed by atoms with Crippen molar-refractivity contribution < 1.29 is 14.3 Å². The number of hydrogen-bond acceptors (Lipinski definition) is 3. The van der Waals surface area contributed by atoms with E-state index in [0.717, 1.165) is 22.6 Å². The highest BCUT2D eigenvalue weighted by Gasteiger charge is 2.30. The van der Waals surface area contributed by atoms with Gasteiger partial charge >= 0.3 is 0 Å². The van der Waals surface area contributed by atoms with E-state index in [1.807, 2.05) is 48.5 Å². The Kier molecular flexibility index (Phi) is 2.95. The van der Waals surface area contributed by atoms with Crippen LogP contribution in [0.15, 0.2) is 48.5 Å². The second-order valence-corrected chi connectivity index (χ2v) is 4.50. The average molecular weight is 254 g/mol. The van der Waals surface area contributed by atoms with Crippen LogP contribution in [0.4, 0.5) is 0 Å². The molecule has 0 amide bonds. The maximum Gasteiger partial charge on any atom is 0.182 e. The van der Waals surface area contributed by atoms with Crippen LogP contribution in [-0.4, -0.2) is 19.5 Å². The molecule has 0 spiro atoms. The lowest BCUT2D eigenvalue weighted by Crippen LogP contribution is -2.26. The molecule has 3 nitrogen and oxygen atoms in total. The third-order valence-corrected chi connectivity index (χ3v) is 3.36. The Morgan fingerprint density at radius 2 is 1.95 bits per heavy atom. The minimum absolute atomic E-state index is 0.0869. The Balaban J connectivity index is 2.09. The van der Waals surface area contributed by atoms with Crippen LogP contribution in [0, 0.1) is 0 Å². The molecule has 0 bridgehead atoms. The second kappa shape index (κ2) is 4.76. The zero-order valence-corrected chi connectivity index (χ0v) is 10.6. The van der Waals surface area contributed by atoms with E-state index >= 15 is 0 Å². The number of benzene rings is 2. The number of hydrogen-bond donors (Lipinski definition) is 0. The van der Waals surface area contributed by atoms with Gasteiger partial charge in [0.2, 0.25) is 0 Å². The summed E-state index contributed by atoms with van der Waals surface area (Å²) in [4.78, 5) is 12.2. The molecule has 96 valence electrons. The van der Waals surface area contributed by atoms with Gasteiger partial charge in [-0.1, -0.05) is 36.4 Å². The van der Waals surface area contributed by atoms with Crippen molar-refractivity contribution in [2.24, 2.45) is 0 Å². The normalized spacial score (nSPS) is 17.5. The predicted octanol–water partition coefficient (Wildman–Crippen LogP) is 2.79. The van der Waals surface area contributed by atoms with E-state index in [1.54, 1.807) is 7.11 Å². The van der Waals surface area contributed by atoms with E-state index in [0.29, 0.717) is 0 Å². The molecular weight excluding hydrogens is 240 g/mol. The molecule has 3 heteroatoms. The molecule has 1 unspecified atom stereocenters. The number of ketones is 1. The number of methoxy groups -OCH3 is 1. The summed E-state index contributed by atoms with van der Waals surface area (Å²) in [6.07, 6.45) is 0. The molecule has 0 fully saturated rings. The SMILES string of the molecule is COc1ccc2c(c1)OCC(=O)C2c1ccccc1. The third kappa shape index (κ3) is 2.08. The van der Waals surface area contributed by atoms with Gasteiger partial charge in [-0.05, 0) is 11.6 Å². The highest BCUT2D eigenvalue weighted by molar-refractivity contribution is 5.92. The lowest BCUT2D eigenvalue weighted by Gasteiger charge is -2.25. The number of carbonyl (C=O) groups is 1. The Labute approximate surface area is 111 Å². The van der Waals surface area contributed by atoms with Crippen molar-refractivity contribution >= 4 is 5.78 Å². The molecule has 1 heterocycles. The zero-order valence-electron chi connectivity index (χ0n) is 10.6. The maximum absolute atomic E-state index is 12.2. The van der Waals surface area contributed by atoms with Crippen molar-refractivity contribution in [1.82, 2.24) is 0 Å². The Morgan fingerprint density at radius 1 is 1.16 bits per heavy atom. The average Bonchev–Trinajstić information content (AvgIpc) is 2.47. The number of ether oxygens (including phenoxy) is 2. The van der Waals surface area contributed by atoms with Gasteiger partial charge in [-0.25, -0.2) is 0 Å². The fourth-order valence-electron chi connectivity index (χ4n) is 2.42. The molecular formula is C16H14O3. The standard InChI is InChI=1S/C16H14O3/c1-18-12-7-8-13-15(9-12)19-10-14(17)16(13)11-5-3-2-4-6-11/h2-9,16H,10H2,1H3. The molecule has 0 saturated heterocycles. The van der Waals surface area contributed by atoms with Gasteiger partial charge in [-0.2, -0.15) is 0 Å². The highest BCUT2D eigenvalue weighted by atomic mass is 16.5. The van der Waals surface area contributed by atoms with Crippen LogP contribution in [0.3, 0.4) is 0 Å². The number of Topliss-reactive ketones (excluding diaryl/α,β-unsaturated/α-hetero) is 1. The highest BCUT2D eigenvalue weighted by Crippen LogP contribution is 2.38. The Morgan fingerprint density at radius 3 is 2.68 bits per heavy atom. The topological polar surface area (TPSA) is 35.5 Å². The predicted molar refractivity (Wildman–Crippen MR) is 71.8 cm³/mol. The van der Waals surface area contributed by atoms with E-state index in [4.69, 9.17) is 9.47 Å². The van der Waals surface area contributed by atoms with Gasteiger partial charge in [0.15, 0.2) is 5.78 Å². The summed E-state index contributed by atoms with van der Waals surface area (Å²) in [5.74, 6) is 1.31. The van der Waals surface area contributed by atoms with Gasteiger partial charge in [0.25, 0.3) is 0 Å². The van der Waals surface area contributed by atoms with Crippen LogP contribution in [-0.2, 0) is 4.79 Å². The Bertz CT molecular complexity index is 605. The van der Waals surface area contributed by atoms with Gasteiger partial charge in [-0.3, -0.25) is 4.79 Å². The number of rotatable bonds is 2. The number of carbonyl (C=O) groups excluding carboxylic acids is 1. The summed E-state index contributed by atoms with van der Waals surface area (Å²) in [5, 5.41) is 0. The van der Waals surface area contributed by atoms with Crippen molar-refractivity contribution in [3.8, 4) is 11.5 Å². The smallest absolute Gasteiger partial charge is 0.182 e. The molecule has 19 heavy (non-hydrogen) atoms. The first-order valence-corrected chi connectivity index (χ1v) is 6.18. The third-order valence-electron chi connectivity index (χ3n) is 3.36. The van der Waals surface area contributed by atoms with E-state index < -0.39 is 0 Å². The van der Waals surface area contributed by atoms with E-state index in [9.17, 15) is 4.79 Å². The van der Waals surface area contributed by atoms with Crippen molar-refractivity contribution in [1.29, 1.82) is 0 Å². The second-order valence-electron chi connectivity index (χ2n) is 4.50. The molecule has 0 radical (unpaired) electrons. The van der Waals surface area contributed by atoms with E-state index in [2.05, 4.69) is 0 Å². The summed E-state index contributed by atoms with van der Waals surface area (Å²) in [7, 11) is 1.62. The van der Waals surface area contributed by atoms with Crippen molar-refractivity contribution in [2.45, 2.75) is 5.92 Å². The molecule has 2 aromatic carbocycles.